The van der Waals surface area contributed by atoms with Gasteiger partial charge in [0.1, 0.15) is 0 Å². The molecule has 2 aromatic rings. The largest absolute Gasteiger partial charge is 0.409 e. The lowest BCUT2D eigenvalue weighted by Crippen LogP contribution is -2.18. The Hall–Kier alpha value is -2.37. The van der Waals surface area contributed by atoms with Crippen molar-refractivity contribution in [3.05, 3.63) is 30.0 Å². The van der Waals surface area contributed by atoms with Crippen LogP contribution in [0.2, 0.25) is 0 Å². The van der Waals surface area contributed by atoms with E-state index in [4.69, 9.17) is 16.7 Å². The predicted molar refractivity (Wildman–Crippen MR) is 56.5 cm³/mol. The third-order valence-corrected chi connectivity index (χ3v) is 1.95. The van der Waals surface area contributed by atoms with Gasteiger partial charge in [-0.1, -0.05) is 17.3 Å². The Morgan fingerprint density at radius 1 is 1.20 bits per heavy atom. The molecule has 0 atom stereocenters. The molecule has 0 saturated carbocycles. The van der Waals surface area contributed by atoms with Crippen molar-refractivity contribution >= 4 is 22.7 Å². The van der Waals surface area contributed by atoms with Gasteiger partial charge in [0, 0.05) is 0 Å². The summed E-state index contributed by atoms with van der Waals surface area (Å²) in [4.78, 5) is 8.23. The number of anilines is 1. The highest BCUT2D eigenvalue weighted by Crippen LogP contribution is 2.13. The summed E-state index contributed by atoms with van der Waals surface area (Å²) in [7, 11) is 0. The Bertz CT molecular complexity index is 537. The standard InChI is InChI=1S/C9H9N5O/c10-8-7(9(11)14-15)12-5-3-1-2-4-6(5)13-8/h1-4,15H,(H2,10,13)(H2,11,14). The highest BCUT2D eigenvalue weighted by atomic mass is 16.4. The number of nitrogen functional groups attached to an aromatic ring is 1. The molecule has 5 N–H and O–H groups in total. The maximum Gasteiger partial charge on any atom is 0.192 e. The van der Waals surface area contributed by atoms with E-state index in [1.54, 1.807) is 12.1 Å². The Balaban J connectivity index is 2.72. The van der Waals surface area contributed by atoms with E-state index in [0.717, 1.165) is 0 Å². The quantitative estimate of drug-likeness (QED) is 0.267. The third kappa shape index (κ3) is 1.52. The first-order valence-electron chi connectivity index (χ1n) is 4.22. The van der Waals surface area contributed by atoms with E-state index in [0.29, 0.717) is 11.0 Å². The minimum absolute atomic E-state index is 0.143. The van der Waals surface area contributed by atoms with Gasteiger partial charge in [0.2, 0.25) is 0 Å². The fourth-order valence-corrected chi connectivity index (χ4v) is 1.25. The Morgan fingerprint density at radius 2 is 1.80 bits per heavy atom. The number of nitrogens with zero attached hydrogens (tertiary/aromatic N) is 3. The molecule has 0 unspecified atom stereocenters. The molecule has 1 heterocycles. The summed E-state index contributed by atoms with van der Waals surface area (Å²) in [5, 5.41) is 11.4. The lowest BCUT2D eigenvalue weighted by atomic mass is 10.3. The topological polar surface area (TPSA) is 110 Å². The number of aromatic nitrogens is 2. The SMILES string of the molecule is NC(=NO)c1nc2ccccc2nc1N. The molecule has 0 aliphatic heterocycles. The number of fused-ring (bicyclic) bond motifs is 1. The number of benzene rings is 1. The van der Waals surface area contributed by atoms with Crippen LogP contribution in [-0.4, -0.2) is 21.0 Å². The number of nitrogens with two attached hydrogens (primary N) is 2. The average Bonchev–Trinajstić information content (AvgIpc) is 2.27. The Morgan fingerprint density at radius 3 is 2.40 bits per heavy atom. The molecule has 0 aliphatic rings. The molecule has 6 nitrogen and oxygen atoms in total. The fourth-order valence-electron chi connectivity index (χ4n) is 1.25. The molecule has 0 aliphatic carbocycles. The van der Waals surface area contributed by atoms with Gasteiger partial charge >= 0.3 is 0 Å². The molecule has 0 amide bonds. The van der Waals surface area contributed by atoms with Crippen LogP contribution in [0.15, 0.2) is 29.4 Å². The smallest absolute Gasteiger partial charge is 0.192 e. The summed E-state index contributed by atoms with van der Waals surface area (Å²) in [5.41, 5.74) is 12.5. The summed E-state index contributed by atoms with van der Waals surface area (Å²) < 4.78 is 0. The second-order valence-corrected chi connectivity index (χ2v) is 2.93. The first-order chi connectivity index (χ1) is 7.22. The number of amidine groups is 1. The molecule has 6 heteroatoms. The van der Waals surface area contributed by atoms with Crippen molar-refractivity contribution < 1.29 is 5.21 Å². The van der Waals surface area contributed by atoms with Gasteiger partial charge in [0.25, 0.3) is 0 Å². The summed E-state index contributed by atoms with van der Waals surface area (Å²) in [6.07, 6.45) is 0. The van der Waals surface area contributed by atoms with Crippen LogP contribution < -0.4 is 11.5 Å². The molecule has 15 heavy (non-hydrogen) atoms. The van der Waals surface area contributed by atoms with Crippen molar-refractivity contribution in [3.8, 4) is 0 Å². The molecule has 0 saturated heterocycles. The first-order valence-corrected chi connectivity index (χ1v) is 4.22. The van der Waals surface area contributed by atoms with E-state index >= 15 is 0 Å². The van der Waals surface area contributed by atoms with E-state index in [2.05, 4.69) is 15.1 Å². The van der Waals surface area contributed by atoms with E-state index in [1.165, 1.54) is 0 Å². The highest BCUT2D eigenvalue weighted by Gasteiger charge is 2.09. The van der Waals surface area contributed by atoms with Crippen molar-refractivity contribution in [2.45, 2.75) is 0 Å². The summed E-state index contributed by atoms with van der Waals surface area (Å²) >= 11 is 0. The van der Waals surface area contributed by atoms with Crippen LogP contribution in [0.25, 0.3) is 11.0 Å². The molecule has 1 aromatic heterocycles. The van der Waals surface area contributed by atoms with E-state index < -0.39 is 0 Å². The van der Waals surface area contributed by atoms with Gasteiger partial charge in [0.05, 0.1) is 11.0 Å². The van der Waals surface area contributed by atoms with Crippen LogP contribution in [0.4, 0.5) is 5.82 Å². The highest BCUT2D eigenvalue weighted by molar-refractivity contribution is 6.00. The Kier molecular flexibility index (Phi) is 2.09. The zero-order valence-corrected chi connectivity index (χ0v) is 7.75. The normalized spacial score (nSPS) is 11.9. The predicted octanol–water partition coefficient (Wildman–Crippen LogP) is 0.306. The van der Waals surface area contributed by atoms with Gasteiger partial charge in [-0.25, -0.2) is 9.97 Å². The molecule has 2 rings (SSSR count). The van der Waals surface area contributed by atoms with Crippen molar-refractivity contribution in [1.82, 2.24) is 9.97 Å². The molecular weight excluding hydrogens is 194 g/mol. The van der Waals surface area contributed by atoms with Crippen LogP contribution in [0.3, 0.4) is 0 Å². The number of oxime groups is 1. The monoisotopic (exact) mass is 203 g/mol. The maximum absolute atomic E-state index is 8.52. The number of rotatable bonds is 1. The number of hydrogen-bond donors (Lipinski definition) is 3. The van der Waals surface area contributed by atoms with Crippen molar-refractivity contribution in [2.24, 2.45) is 10.9 Å². The van der Waals surface area contributed by atoms with Gasteiger partial charge < -0.3 is 16.7 Å². The summed E-state index contributed by atoms with van der Waals surface area (Å²) in [6, 6.07) is 7.22. The zero-order chi connectivity index (χ0) is 10.8. The summed E-state index contributed by atoms with van der Waals surface area (Å²) in [6.45, 7) is 0. The maximum atomic E-state index is 8.52. The molecule has 0 radical (unpaired) electrons. The van der Waals surface area contributed by atoms with Crippen molar-refractivity contribution in [1.29, 1.82) is 0 Å². The van der Waals surface area contributed by atoms with Gasteiger partial charge in [-0.3, -0.25) is 0 Å². The average molecular weight is 203 g/mol. The van der Waals surface area contributed by atoms with Crippen LogP contribution in [0, 0.1) is 0 Å². The second-order valence-electron chi connectivity index (χ2n) is 2.93. The zero-order valence-electron chi connectivity index (χ0n) is 7.75. The van der Waals surface area contributed by atoms with Crippen LogP contribution in [-0.2, 0) is 0 Å². The fraction of sp³-hybridized carbons (Fsp3) is 0. The van der Waals surface area contributed by atoms with E-state index in [1.807, 2.05) is 12.1 Å². The number of para-hydroxylation sites is 2. The first kappa shape index (κ1) is 9.20. The van der Waals surface area contributed by atoms with Gasteiger partial charge in [0.15, 0.2) is 17.3 Å². The van der Waals surface area contributed by atoms with Crippen LogP contribution >= 0.6 is 0 Å². The van der Waals surface area contributed by atoms with Crippen molar-refractivity contribution in [2.75, 3.05) is 5.73 Å². The molecule has 0 fully saturated rings. The lowest BCUT2D eigenvalue weighted by Gasteiger charge is -2.03. The van der Waals surface area contributed by atoms with E-state index in [-0.39, 0.29) is 17.3 Å². The second kappa shape index (κ2) is 3.41. The third-order valence-electron chi connectivity index (χ3n) is 1.95. The van der Waals surface area contributed by atoms with Crippen molar-refractivity contribution in [3.63, 3.8) is 0 Å². The van der Waals surface area contributed by atoms with Gasteiger partial charge in [-0.05, 0) is 12.1 Å². The minimum Gasteiger partial charge on any atom is -0.409 e. The molecule has 0 spiro atoms. The lowest BCUT2D eigenvalue weighted by molar-refractivity contribution is 0.318. The minimum atomic E-state index is -0.147. The van der Waals surface area contributed by atoms with Crippen LogP contribution in [0.5, 0.6) is 0 Å². The van der Waals surface area contributed by atoms with Gasteiger partial charge in [-0.15, -0.1) is 0 Å². The number of hydrogen-bond acceptors (Lipinski definition) is 5. The summed E-state index contributed by atoms with van der Waals surface area (Å²) in [5.74, 6) is -0.00486. The molecule has 0 bridgehead atoms. The Labute approximate surface area is 85.2 Å². The van der Waals surface area contributed by atoms with Crippen LogP contribution in [0.1, 0.15) is 5.69 Å². The van der Waals surface area contributed by atoms with E-state index in [9.17, 15) is 0 Å². The molecule has 1 aromatic carbocycles. The molecular formula is C9H9N5O. The molecule has 76 valence electrons. The van der Waals surface area contributed by atoms with Gasteiger partial charge in [-0.2, -0.15) is 0 Å².